The predicted octanol–water partition coefficient (Wildman–Crippen LogP) is 3.06. The minimum absolute atomic E-state index is 0.625. The molecule has 12 heavy (non-hydrogen) atoms. The van der Waals surface area contributed by atoms with Gasteiger partial charge in [0.25, 0.3) is 0 Å². The zero-order valence-electron chi connectivity index (χ0n) is 9.41. The van der Waals surface area contributed by atoms with Crippen LogP contribution in [0.3, 0.4) is 0 Å². The highest BCUT2D eigenvalue weighted by molar-refractivity contribution is 4.88. The fourth-order valence-corrected chi connectivity index (χ4v) is 1.97. The van der Waals surface area contributed by atoms with E-state index in [1.165, 1.54) is 25.9 Å². The fourth-order valence-electron chi connectivity index (χ4n) is 1.97. The van der Waals surface area contributed by atoms with Gasteiger partial charge in [0.05, 0.1) is 0 Å². The highest BCUT2D eigenvalue weighted by Gasteiger charge is 2.34. The Morgan fingerprint density at radius 3 is 2.08 bits per heavy atom. The Morgan fingerprint density at radius 1 is 1.33 bits per heavy atom. The van der Waals surface area contributed by atoms with Crippen LogP contribution in [0.4, 0.5) is 0 Å². The van der Waals surface area contributed by atoms with Crippen molar-refractivity contribution in [2.75, 3.05) is 13.1 Å². The molecule has 1 aliphatic heterocycles. The molecule has 0 bridgehead atoms. The molecule has 1 unspecified atom stereocenters. The summed E-state index contributed by atoms with van der Waals surface area (Å²) in [5, 5.41) is 3.45. The summed E-state index contributed by atoms with van der Waals surface area (Å²) in [6.45, 7) is 13.5. The van der Waals surface area contributed by atoms with E-state index in [1.54, 1.807) is 0 Å². The Balaban J connectivity index is 0.000000561. The van der Waals surface area contributed by atoms with E-state index >= 15 is 0 Å². The summed E-state index contributed by atoms with van der Waals surface area (Å²) in [5.41, 5.74) is 0.625. The first-order chi connectivity index (χ1) is 5.71. The van der Waals surface area contributed by atoms with Crippen molar-refractivity contribution in [3.05, 3.63) is 0 Å². The van der Waals surface area contributed by atoms with Gasteiger partial charge in [-0.15, -0.1) is 0 Å². The largest absolute Gasteiger partial charge is 0.316 e. The van der Waals surface area contributed by atoms with Gasteiger partial charge in [0.1, 0.15) is 0 Å². The Labute approximate surface area is 77.9 Å². The molecular weight excluding hydrogens is 146 g/mol. The van der Waals surface area contributed by atoms with Gasteiger partial charge >= 0.3 is 0 Å². The molecule has 1 heteroatoms. The molecule has 1 saturated heterocycles. The van der Waals surface area contributed by atoms with Gasteiger partial charge in [-0.1, -0.05) is 34.6 Å². The summed E-state index contributed by atoms with van der Waals surface area (Å²) in [7, 11) is 0. The minimum atomic E-state index is 0.625. The van der Waals surface area contributed by atoms with Crippen LogP contribution in [0.1, 0.15) is 47.5 Å². The quantitative estimate of drug-likeness (QED) is 0.673. The third-order valence-electron chi connectivity index (χ3n) is 3.21. The SMILES string of the molecule is CC.CCC1(C(C)C)CCNC1. The molecule has 1 fully saturated rings. The lowest BCUT2D eigenvalue weighted by Crippen LogP contribution is -2.28. The van der Waals surface area contributed by atoms with Crippen LogP contribution < -0.4 is 5.32 Å². The monoisotopic (exact) mass is 171 g/mol. The van der Waals surface area contributed by atoms with Crippen LogP contribution in [0.15, 0.2) is 0 Å². The van der Waals surface area contributed by atoms with E-state index < -0.39 is 0 Å². The van der Waals surface area contributed by atoms with Gasteiger partial charge in [-0.2, -0.15) is 0 Å². The van der Waals surface area contributed by atoms with Crippen LogP contribution in [-0.2, 0) is 0 Å². The van der Waals surface area contributed by atoms with Crippen LogP contribution in [-0.4, -0.2) is 13.1 Å². The number of hydrogen-bond acceptors (Lipinski definition) is 1. The van der Waals surface area contributed by atoms with Crippen LogP contribution in [0, 0.1) is 11.3 Å². The molecule has 0 aromatic rings. The molecule has 0 amide bonds. The summed E-state index contributed by atoms with van der Waals surface area (Å²) < 4.78 is 0. The number of nitrogens with one attached hydrogen (secondary N) is 1. The third kappa shape index (κ3) is 2.48. The number of rotatable bonds is 2. The van der Waals surface area contributed by atoms with Crippen molar-refractivity contribution in [3.8, 4) is 0 Å². The lowest BCUT2D eigenvalue weighted by Gasteiger charge is -2.31. The molecule has 1 nitrogen and oxygen atoms in total. The Kier molecular flexibility index (Phi) is 5.56. The van der Waals surface area contributed by atoms with E-state index in [0.717, 1.165) is 5.92 Å². The lowest BCUT2D eigenvalue weighted by atomic mass is 9.74. The molecule has 1 N–H and O–H groups in total. The first-order valence-corrected chi connectivity index (χ1v) is 5.42. The van der Waals surface area contributed by atoms with Crippen molar-refractivity contribution >= 4 is 0 Å². The molecular formula is C11H25N. The normalized spacial score (nSPS) is 28.5. The zero-order chi connectivity index (χ0) is 9.61. The van der Waals surface area contributed by atoms with Crippen LogP contribution in [0.2, 0.25) is 0 Å². The molecule has 74 valence electrons. The maximum absolute atomic E-state index is 3.45. The topological polar surface area (TPSA) is 12.0 Å². The summed E-state index contributed by atoms with van der Waals surface area (Å²) in [6.07, 6.45) is 2.71. The average molecular weight is 171 g/mol. The lowest BCUT2D eigenvalue weighted by molar-refractivity contribution is 0.209. The van der Waals surface area contributed by atoms with Gasteiger partial charge in [-0.25, -0.2) is 0 Å². The second-order valence-electron chi connectivity index (χ2n) is 3.80. The first-order valence-electron chi connectivity index (χ1n) is 5.42. The van der Waals surface area contributed by atoms with E-state index in [0.29, 0.717) is 5.41 Å². The predicted molar refractivity (Wildman–Crippen MR) is 56.4 cm³/mol. The molecule has 0 spiro atoms. The van der Waals surface area contributed by atoms with Crippen molar-refractivity contribution in [1.82, 2.24) is 5.32 Å². The highest BCUT2D eigenvalue weighted by atomic mass is 14.9. The van der Waals surface area contributed by atoms with E-state index in [2.05, 4.69) is 26.1 Å². The summed E-state index contributed by atoms with van der Waals surface area (Å²) in [6, 6.07) is 0. The van der Waals surface area contributed by atoms with Crippen LogP contribution in [0.5, 0.6) is 0 Å². The molecule has 0 aromatic heterocycles. The van der Waals surface area contributed by atoms with Crippen LogP contribution in [0.25, 0.3) is 0 Å². The molecule has 1 atom stereocenters. The van der Waals surface area contributed by atoms with Gasteiger partial charge in [-0.05, 0) is 30.7 Å². The summed E-state index contributed by atoms with van der Waals surface area (Å²) in [5.74, 6) is 0.840. The Hall–Kier alpha value is -0.0400. The molecule has 0 aromatic carbocycles. The summed E-state index contributed by atoms with van der Waals surface area (Å²) in [4.78, 5) is 0. The average Bonchev–Trinajstić information content (AvgIpc) is 2.57. The second kappa shape index (κ2) is 5.58. The van der Waals surface area contributed by atoms with Crippen molar-refractivity contribution in [1.29, 1.82) is 0 Å². The van der Waals surface area contributed by atoms with E-state index in [9.17, 15) is 0 Å². The van der Waals surface area contributed by atoms with Crippen molar-refractivity contribution in [2.24, 2.45) is 11.3 Å². The van der Waals surface area contributed by atoms with E-state index in [1.807, 2.05) is 13.8 Å². The first kappa shape index (κ1) is 12.0. The standard InChI is InChI=1S/C9H19N.C2H6/c1-4-9(8(2)3)5-6-10-7-9;1-2/h8,10H,4-7H2,1-3H3;1-2H3. The maximum atomic E-state index is 3.45. The van der Waals surface area contributed by atoms with Gasteiger partial charge in [0.15, 0.2) is 0 Å². The molecule has 1 heterocycles. The Morgan fingerprint density at radius 2 is 1.92 bits per heavy atom. The Bertz CT molecular complexity index is 102. The van der Waals surface area contributed by atoms with E-state index in [-0.39, 0.29) is 0 Å². The van der Waals surface area contributed by atoms with Crippen molar-refractivity contribution in [2.45, 2.75) is 47.5 Å². The molecule has 1 rings (SSSR count). The molecule has 1 aliphatic rings. The van der Waals surface area contributed by atoms with Gasteiger partial charge in [-0.3, -0.25) is 0 Å². The van der Waals surface area contributed by atoms with Crippen LogP contribution >= 0.6 is 0 Å². The third-order valence-corrected chi connectivity index (χ3v) is 3.21. The zero-order valence-corrected chi connectivity index (χ0v) is 9.41. The number of hydrogen-bond donors (Lipinski definition) is 1. The molecule has 0 radical (unpaired) electrons. The van der Waals surface area contributed by atoms with Gasteiger partial charge in [0.2, 0.25) is 0 Å². The second-order valence-corrected chi connectivity index (χ2v) is 3.80. The smallest absolute Gasteiger partial charge is 0.00106 e. The molecule has 0 aliphatic carbocycles. The maximum Gasteiger partial charge on any atom is 0.00106 e. The summed E-state index contributed by atoms with van der Waals surface area (Å²) >= 11 is 0. The fraction of sp³-hybridized carbons (Fsp3) is 1.00. The van der Waals surface area contributed by atoms with Gasteiger partial charge < -0.3 is 5.32 Å². The van der Waals surface area contributed by atoms with E-state index in [4.69, 9.17) is 0 Å². The minimum Gasteiger partial charge on any atom is -0.316 e. The van der Waals surface area contributed by atoms with Crippen molar-refractivity contribution in [3.63, 3.8) is 0 Å². The molecule has 0 saturated carbocycles. The van der Waals surface area contributed by atoms with Crippen molar-refractivity contribution < 1.29 is 0 Å². The van der Waals surface area contributed by atoms with Gasteiger partial charge in [0, 0.05) is 6.54 Å². The highest BCUT2D eigenvalue weighted by Crippen LogP contribution is 2.36.